The van der Waals surface area contributed by atoms with Gasteiger partial charge in [0, 0.05) is 22.8 Å². The molecule has 0 bridgehead atoms. The first-order chi connectivity index (χ1) is 13.4. The number of rotatable bonds is 7. The van der Waals surface area contributed by atoms with Crippen LogP contribution in [0.15, 0.2) is 60.7 Å². The van der Waals surface area contributed by atoms with Gasteiger partial charge >= 0.3 is 5.97 Å². The second kappa shape index (κ2) is 8.81. The van der Waals surface area contributed by atoms with Crippen molar-refractivity contribution < 1.29 is 14.6 Å². The van der Waals surface area contributed by atoms with Crippen LogP contribution in [0, 0.1) is 13.8 Å². The highest BCUT2D eigenvalue weighted by molar-refractivity contribution is 6.30. The van der Waals surface area contributed by atoms with Crippen LogP contribution in [0.5, 0.6) is 5.75 Å². The van der Waals surface area contributed by atoms with E-state index in [9.17, 15) is 4.79 Å². The van der Waals surface area contributed by atoms with Crippen molar-refractivity contribution in [3.8, 4) is 5.75 Å². The minimum absolute atomic E-state index is 0.271. The van der Waals surface area contributed by atoms with Gasteiger partial charge in [-0.1, -0.05) is 41.4 Å². The smallest absolute Gasteiger partial charge is 0.335 e. The van der Waals surface area contributed by atoms with E-state index in [4.69, 9.17) is 21.4 Å². The molecule has 144 valence electrons. The standard InChI is InChI=1S/C23H22ClNO3/c1-15-3-5-17(6-4-15)14-28-22-10-8-20(24)12-19(22)13-25-21-9-7-18(23(26)27)11-16(21)2/h3-12,25H,13-14H2,1-2H3,(H,26,27). The molecule has 0 amide bonds. The number of carboxylic acids is 1. The summed E-state index contributed by atoms with van der Waals surface area (Å²) in [4.78, 5) is 11.1. The number of anilines is 1. The van der Waals surface area contributed by atoms with Gasteiger partial charge in [-0.15, -0.1) is 0 Å². The summed E-state index contributed by atoms with van der Waals surface area (Å²) >= 11 is 6.17. The van der Waals surface area contributed by atoms with Crippen LogP contribution in [-0.2, 0) is 13.2 Å². The first-order valence-electron chi connectivity index (χ1n) is 8.97. The largest absolute Gasteiger partial charge is 0.489 e. The molecule has 0 spiro atoms. The van der Waals surface area contributed by atoms with Crippen molar-refractivity contribution in [3.05, 3.63) is 93.5 Å². The molecule has 0 atom stereocenters. The van der Waals surface area contributed by atoms with Gasteiger partial charge in [-0.3, -0.25) is 0 Å². The van der Waals surface area contributed by atoms with Gasteiger partial charge in [0.2, 0.25) is 0 Å². The lowest BCUT2D eigenvalue weighted by atomic mass is 10.1. The van der Waals surface area contributed by atoms with E-state index in [1.165, 1.54) is 5.56 Å². The van der Waals surface area contributed by atoms with Gasteiger partial charge in [0.1, 0.15) is 12.4 Å². The monoisotopic (exact) mass is 395 g/mol. The number of hydrogen-bond donors (Lipinski definition) is 2. The Morgan fingerprint density at radius 3 is 2.46 bits per heavy atom. The van der Waals surface area contributed by atoms with E-state index in [0.29, 0.717) is 18.2 Å². The van der Waals surface area contributed by atoms with Crippen LogP contribution in [0.4, 0.5) is 5.69 Å². The zero-order valence-corrected chi connectivity index (χ0v) is 16.6. The molecule has 28 heavy (non-hydrogen) atoms. The molecule has 0 aliphatic heterocycles. The predicted octanol–water partition coefficient (Wildman–Crippen LogP) is 5.85. The summed E-state index contributed by atoms with van der Waals surface area (Å²) in [6, 6.07) is 18.8. The van der Waals surface area contributed by atoms with Crippen LogP contribution in [0.25, 0.3) is 0 Å². The fourth-order valence-electron chi connectivity index (χ4n) is 2.86. The summed E-state index contributed by atoms with van der Waals surface area (Å²) in [5.74, 6) is -0.173. The molecular formula is C23H22ClNO3. The highest BCUT2D eigenvalue weighted by atomic mass is 35.5. The molecule has 5 heteroatoms. The molecule has 3 rings (SSSR count). The van der Waals surface area contributed by atoms with Gasteiger partial charge < -0.3 is 15.2 Å². The number of carbonyl (C=O) groups is 1. The summed E-state index contributed by atoms with van der Waals surface area (Å²) in [6.45, 7) is 4.92. The van der Waals surface area contributed by atoms with Crippen molar-refractivity contribution in [1.29, 1.82) is 0 Å². The lowest BCUT2D eigenvalue weighted by Gasteiger charge is -2.15. The number of carboxylic acid groups (broad SMARTS) is 1. The zero-order chi connectivity index (χ0) is 20.1. The van der Waals surface area contributed by atoms with Crippen molar-refractivity contribution in [2.75, 3.05) is 5.32 Å². The topological polar surface area (TPSA) is 58.6 Å². The van der Waals surface area contributed by atoms with Crippen molar-refractivity contribution in [1.82, 2.24) is 0 Å². The maximum absolute atomic E-state index is 11.1. The molecule has 0 heterocycles. The van der Waals surface area contributed by atoms with E-state index >= 15 is 0 Å². The molecule has 2 N–H and O–H groups in total. The van der Waals surface area contributed by atoms with Crippen molar-refractivity contribution in [3.63, 3.8) is 0 Å². The van der Waals surface area contributed by atoms with E-state index in [0.717, 1.165) is 28.1 Å². The van der Waals surface area contributed by atoms with Crippen molar-refractivity contribution >= 4 is 23.3 Å². The van der Waals surface area contributed by atoms with Gasteiger partial charge in [0.15, 0.2) is 0 Å². The van der Waals surface area contributed by atoms with E-state index in [1.54, 1.807) is 18.2 Å². The minimum Gasteiger partial charge on any atom is -0.489 e. The van der Waals surface area contributed by atoms with Crippen LogP contribution in [0.2, 0.25) is 5.02 Å². The van der Waals surface area contributed by atoms with Gasteiger partial charge in [-0.2, -0.15) is 0 Å². The Hall–Kier alpha value is -2.98. The maximum atomic E-state index is 11.1. The fraction of sp³-hybridized carbons (Fsp3) is 0.174. The number of aromatic carboxylic acids is 1. The molecule has 0 unspecified atom stereocenters. The highest BCUT2D eigenvalue weighted by Crippen LogP contribution is 2.26. The van der Waals surface area contributed by atoms with Crippen LogP contribution < -0.4 is 10.1 Å². The lowest BCUT2D eigenvalue weighted by molar-refractivity contribution is 0.0697. The third-order valence-corrected chi connectivity index (χ3v) is 4.72. The maximum Gasteiger partial charge on any atom is 0.335 e. The van der Waals surface area contributed by atoms with Crippen molar-refractivity contribution in [2.24, 2.45) is 0 Å². The summed E-state index contributed by atoms with van der Waals surface area (Å²) < 4.78 is 6.01. The Morgan fingerprint density at radius 1 is 1.04 bits per heavy atom. The van der Waals surface area contributed by atoms with Crippen LogP contribution >= 0.6 is 11.6 Å². The Morgan fingerprint density at radius 2 is 1.79 bits per heavy atom. The number of hydrogen-bond acceptors (Lipinski definition) is 3. The van der Waals surface area contributed by atoms with Gasteiger partial charge in [0.25, 0.3) is 0 Å². The SMILES string of the molecule is Cc1ccc(COc2ccc(Cl)cc2CNc2ccc(C(=O)O)cc2C)cc1. The summed E-state index contributed by atoms with van der Waals surface area (Å²) in [5, 5.41) is 13.1. The van der Waals surface area contributed by atoms with E-state index < -0.39 is 5.97 Å². The molecule has 0 aliphatic rings. The first kappa shape index (κ1) is 19.8. The van der Waals surface area contributed by atoms with Gasteiger partial charge in [0.05, 0.1) is 5.56 Å². The second-order valence-electron chi connectivity index (χ2n) is 6.71. The predicted molar refractivity (Wildman–Crippen MR) is 112 cm³/mol. The Kier molecular flexibility index (Phi) is 6.22. The molecule has 4 nitrogen and oxygen atoms in total. The Bertz CT molecular complexity index is 984. The normalized spacial score (nSPS) is 10.5. The van der Waals surface area contributed by atoms with E-state index in [2.05, 4.69) is 36.5 Å². The number of aryl methyl sites for hydroxylation is 2. The second-order valence-corrected chi connectivity index (χ2v) is 7.15. The number of nitrogens with one attached hydrogen (secondary N) is 1. The van der Waals surface area contributed by atoms with E-state index in [1.807, 2.05) is 25.1 Å². The summed E-state index contributed by atoms with van der Waals surface area (Å²) in [6.07, 6.45) is 0. The van der Waals surface area contributed by atoms with Crippen molar-refractivity contribution in [2.45, 2.75) is 27.0 Å². The average Bonchev–Trinajstić information content (AvgIpc) is 2.67. The third-order valence-electron chi connectivity index (χ3n) is 4.48. The quantitative estimate of drug-likeness (QED) is 0.527. The lowest BCUT2D eigenvalue weighted by Crippen LogP contribution is -2.06. The molecule has 3 aromatic rings. The van der Waals surface area contributed by atoms with Crippen LogP contribution in [0.1, 0.15) is 32.6 Å². The fourth-order valence-corrected chi connectivity index (χ4v) is 3.05. The Labute approximate surface area is 169 Å². The average molecular weight is 396 g/mol. The summed E-state index contributed by atoms with van der Waals surface area (Å²) in [5.41, 5.74) is 5.25. The Balaban J connectivity index is 1.72. The molecule has 0 fully saturated rings. The van der Waals surface area contributed by atoms with Gasteiger partial charge in [-0.05, 0) is 61.4 Å². The van der Waals surface area contributed by atoms with Crippen LogP contribution in [-0.4, -0.2) is 11.1 Å². The molecular weight excluding hydrogens is 374 g/mol. The molecule has 0 saturated carbocycles. The molecule has 0 aromatic heterocycles. The molecule has 3 aromatic carbocycles. The zero-order valence-electron chi connectivity index (χ0n) is 15.8. The molecule has 0 saturated heterocycles. The first-order valence-corrected chi connectivity index (χ1v) is 9.35. The van der Waals surface area contributed by atoms with E-state index in [-0.39, 0.29) is 5.56 Å². The summed E-state index contributed by atoms with van der Waals surface area (Å²) in [7, 11) is 0. The number of benzene rings is 3. The highest BCUT2D eigenvalue weighted by Gasteiger charge is 2.09. The number of ether oxygens (including phenoxy) is 1. The number of halogens is 1. The third kappa shape index (κ3) is 5.05. The minimum atomic E-state index is -0.934. The molecule has 0 radical (unpaired) electrons. The molecule has 0 aliphatic carbocycles. The van der Waals surface area contributed by atoms with Crippen LogP contribution in [0.3, 0.4) is 0 Å². The van der Waals surface area contributed by atoms with Gasteiger partial charge in [-0.25, -0.2) is 4.79 Å².